The molecular weight excluding hydrogens is 306 g/mol. The molecule has 24 heavy (non-hydrogen) atoms. The van der Waals surface area contributed by atoms with Crippen molar-refractivity contribution >= 4 is 18.2 Å². The zero-order chi connectivity index (χ0) is 17.5. The first-order valence-electron chi connectivity index (χ1n) is 8.91. The highest BCUT2D eigenvalue weighted by atomic mass is 16.1. The van der Waals surface area contributed by atoms with E-state index in [1.54, 1.807) is 0 Å². The van der Waals surface area contributed by atoms with Crippen LogP contribution in [0.4, 0.5) is 0 Å². The predicted molar refractivity (Wildman–Crippen MR) is 88.4 cm³/mol. The van der Waals surface area contributed by atoms with E-state index >= 15 is 0 Å². The van der Waals surface area contributed by atoms with E-state index in [9.17, 15) is 14.4 Å². The molecule has 0 aromatic rings. The van der Waals surface area contributed by atoms with Crippen LogP contribution in [0.1, 0.15) is 71.1 Å². The second-order valence-electron chi connectivity index (χ2n) is 7.20. The molecule has 0 bridgehead atoms. The Morgan fingerprint density at radius 1 is 0.667 bits per heavy atom. The Kier molecular flexibility index (Phi) is 6.39. The fourth-order valence-corrected chi connectivity index (χ4v) is 4.91. The minimum atomic E-state index is -1.78. The second kappa shape index (κ2) is 8.30. The average molecular weight is 331 g/mol. The van der Waals surface area contributed by atoms with Crippen molar-refractivity contribution in [2.24, 2.45) is 32.2 Å². The molecule has 0 aromatic carbocycles. The van der Waals surface area contributed by atoms with Crippen LogP contribution in [0.3, 0.4) is 0 Å². The molecule has 2 rings (SSSR count). The molecule has 0 atom stereocenters. The predicted octanol–water partition coefficient (Wildman–Crippen LogP) is 3.81. The fraction of sp³-hybridized carbons (Fsp3) is 0.833. The van der Waals surface area contributed by atoms with Gasteiger partial charge in [0.2, 0.25) is 18.2 Å². The minimum Gasteiger partial charge on any atom is -0.211 e. The van der Waals surface area contributed by atoms with Gasteiger partial charge in [0.1, 0.15) is 0 Å². The Morgan fingerprint density at radius 3 is 1.29 bits per heavy atom. The van der Waals surface area contributed by atoms with E-state index in [4.69, 9.17) is 0 Å². The lowest BCUT2D eigenvalue weighted by Crippen LogP contribution is -2.53. The summed E-state index contributed by atoms with van der Waals surface area (Å²) in [6.45, 7) is 1.99. The van der Waals surface area contributed by atoms with Gasteiger partial charge in [-0.1, -0.05) is 45.4 Å². The zero-order valence-corrected chi connectivity index (χ0v) is 14.3. The number of isocyanates is 3. The molecule has 130 valence electrons. The van der Waals surface area contributed by atoms with Crippen molar-refractivity contribution in [1.29, 1.82) is 0 Å². The van der Waals surface area contributed by atoms with Gasteiger partial charge in [-0.25, -0.2) is 14.4 Å². The highest BCUT2D eigenvalue weighted by molar-refractivity contribution is 5.44. The van der Waals surface area contributed by atoms with Gasteiger partial charge in [-0.05, 0) is 37.5 Å². The van der Waals surface area contributed by atoms with E-state index in [2.05, 4.69) is 15.0 Å². The van der Waals surface area contributed by atoms with E-state index in [-0.39, 0.29) is 11.8 Å². The number of hydrogen-bond donors (Lipinski definition) is 0. The van der Waals surface area contributed by atoms with E-state index in [0.717, 1.165) is 51.4 Å². The normalized spacial score (nSPS) is 22.4. The first-order valence-corrected chi connectivity index (χ1v) is 8.91. The number of carbonyl (C=O) groups excluding carboxylic acids is 3. The number of aliphatic imine (C=N–C) groups is 3. The largest absolute Gasteiger partial charge is 0.283 e. The quantitative estimate of drug-likeness (QED) is 0.547. The molecule has 0 heterocycles. The van der Waals surface area contributed by atoms with Crippen molar-refractivity contribution in [3.63, 3.8) is 0 Å². The molecule has 0 saturated heterocycles. The van der Waals surface area contributed by atoms with Crippen molar-refractivity contribution in [1.82, 2.24) is 0 Å². The van der Waals surface area contributed by atoms with Gasteiger partial charge in [-0.15, -0.1) is 15.0 Å². The zero-order valence-electron chi connectivity index (χ0n) is 14.3. The Labute approximate surface area is 142 Å². The molecule has 2 aliphatic carbocycles. The maximum atomic E-state index is 11.1. The molecule has 2 aliphatic rings. The first kappa shape index (κ1) is 18.5. The van der Waals surface area contributed by atoms with Crippen LogP contribution < -0.4 is 0 Å². The molecule has 0 spiro atoms. The van der Waals surface area contributed by atoms with Gasteiger partial charge < -0.3 is 0 Å². The molecule has 0 aliphatic heterocycles. The molecule has 2 fully saturated rings. The van der Waals surface area contributed by atoms with Crippen LogP contribution in [0.25, 0.3) is 0 Å². The fourth-order valence-electron chi connectivity index (χ4n) is 4.91. The smallest absolute Gasteiger partial charge is 0.211 e. The van der Waals surface area contributed by atoms with E-state index < -0.39 is 11.2 Å². The van der Waals surface area contributed by atoms with E-state index in [0.29, 0.717) is 0 Å². The van der Waals surface area contributed by atoms with Crippen molar-refractivity contribution in [2.45, 2.75) is 76.9 Å². The lowest BCUT2D eigenvalue weighted by molar-refractivity contribution is -0.0267. The third kappa shape index (κ3) is 3.32. The van der Waals surface area contributed by atoms with Crippen LogP contribution >= 0.6 is 0 Å². The topological polar surface area (TPSA) is 88.3 Å². The van der Waals surface area contributed by atoms with Gasteiger partial charge in [0, 0.05) is 5.41 Å². The lowest BCUT2D eigenvalue weighted by atomic mass is 9.56. The Morgan fingerprint density at radius 2 is 1.00 bits per heavy atom. The summed E-state index contributed by atoms with van der Waals surface area (Å²) in [6, 6.07) is 0. The molecule has 0 aromatic heterocycles. The number of rotatable bonds is 6. The summed E-state index contributed by atoms with van der Waals surface area (Å²) in [6.07, 6.45) is 15.0. The van der Waals surface area contributed by atoms with Gasteiger partial charge in [-0.2, -0.15) is 0 Å². The summed E-state index contributed by atoms with van der Waals surface area (Å²) in [7, 11) is 0. The summed E-state index contributed by atoms with van der Waals surface area (Å²) < 4.78 is 0. The van der Waals surface area contributed by atoms with Crippen LogP contribution in [0.2, 0.25) is 0 Å². The number of nitrogens with zero attached hydrogens (tertiary/aromatic N) is 3. The molecule has 6 heteroatoms. The van der Waals surface area contributed by atoms with Crippen LogP contribution in [-0.2, 0) is 14.4 Å². The summed E-state index contributed by atoms with van der Waals surface area (Å²) in [5.74, 6) is -1.39. The first-order chi connectivity index (χ1) is 11.6. The average Bonchev–Trinajstić information content (AvgIpc) is 2.63. The van der Waals surface area contributed by atoms with Gasteiger partial charge >= 0.3 is 0 Å². The molecule has 0 N–H and O–H groups in total. The standard InChI is InChI=1S/C18H25N3O3/c1-17(15-8-4-2-5-9-15,16-10-6-3-7-11-16)18(19-12-22,20-13-23)21-14-24/h15-16H,2-11H2,1H3. The monoisotopic (exact) mass is 331 g/mol. The van der Waals surface area contributed by atoms with Crippen LogP contribution in [0.5, 0.6) is 0 Å². The van der Waals surface area contributed by atoms with Crippen LogP contribution in [-0.4, -0.2) is 24.0 Å². The molecule has 0 radical (unpaired) electrons. The van der Waals surface area contributed by atoms with E-state index in [1.165, 1.54) is 31.1 Å². The number of hydrogen-bond acceptors (Lipinski definition) is 6. The third-order valence-electron chi connectivity index (χ3n) is 6.23. The van der Waals surface area contributed by atoms with Gasteiger partial charge in [0.05, 0.1) is 0 Å². The van der Waals surface area contributed by atoms with Crippen molar-refractivity contribution in [3.05, 3.63) is 0 Å². The lowest BCUT2D eigenvalue weighted by Gasteiger charge is -2.51. The highest BCUT2D eigenvalue weighted by Gasteiger charge is 2.58. The minimum absolute atomic E-state index is 0.195. The molecule has 6 nitrogen and oxygen atoms in total. The summed E-state index contributed by atoms with van der Waals surface area (Å²) in [4.78, 5) is 44.7. The molecular formula is C18H25N3O3. The summed E-state index contributed by atoms with van der Waals surface area (Å²) in [5, 5.41) is 0. The summed E-state index contributed by atoms with van der Waals surface area (Å²) in [5.41, 5.74) is -0.680. The van der Waals surface area contributed by atoms with Crippen LogP contribution in [0, 0.1) is 17.3 Å². The van der Waals surface area contributed by atoms with Gasteiger partial charge in [0.15, 0.2) is 0 Å². The van der Waals surface area contributed by atoms with Gasteiger partial charge in [0.25, 0.3) is 5.79 Å². The molecule has 0 amide bonds. The maximum absolute atomic E-state index is 11.1. The Hall–Kier alpha value is -1.86. The highest BCUT2D eigenvalue weighted by Crippen LogP contribution is 2.56. The van der Waals surface area contributed by atoms with E-state index in [1.807, 2.05) is 6.92 Å². The summed E-state index contributed by atoms with van der Waals surface area (Å²) >= 11 is 0. The van der Waals surface area contributed by atoms with Crippen molar-refractivity contribution in [3.8, 4) is 0 Å². The Balaban J connectivity index is 2.61. The SMILES string of the molecule is CC(C1CCCCC1)(C1CCCCC1)C(N=C=O)(N=C=O)N=C=O. The maximum Gasteiger partial charge on any atom is 0.283 e. The Bertz CT molecular complexity index is 509. The molecule has 0 unspecified atom stereocenters. The second-order valence-corrected chi connectivity index (χ2v) is 7.20. The molecule has 2 saturated carbocycles. The van der Waals surface area contributed by atoms with Gasteiger partial charge in [-0.3, -0.25) is 0 Å². The van der Waals surface area contributed by atoms with Crippen molar-refractivity contribution < 1.29 is 14.4 Å². The van der Waals surface area contributed by atoms with Crippen molar-refractivity contribution in [2.75, 3.05) is 0 Å². The third-order valence-corrected chi connectivity index (χ3v) is 6.23. The van der Waals surface area contributed by atoms with Crippen LogP contribution in [0.15, 0.2) is 15.0 Å².